The molecule has 1 aliphatic rings. The number of nitrogens with one attached hydrogen (secondary N) is 1. The Labute approximate surface area is 141 Å². The molecule has 4 heteroatoms. The van der Waals surface area contributed by atoms with Gasteiger partial charge in [-0.3, -0.25) is 14.5 Å². The van der Waals surface area contributed by atoms with Crippen molar-refractivity contribution in [2.75, 3.05) is 11.9 Å². The van der Waals surface area contributed by atoms with Gasteiger partial charge in [0.2, 0.25) is 0 Å². The summed E-state index contributed by atoms with van der Waals surface area (Å²) in [5.74, 6) is -0.519. The Kier molecular flexibility index (Phi) is 4.21. The lowest BCUT2D eigenvalue weighted by Crippen LogP contribution is -2.32. The van der Waals surface area contributed by atoms with Crippen LogP contribution in [0.15, 0.2) is 54.2 Å². The number of hydrogen-bond acceptors (Lipinski definition) is 3. The van der Waals surface area contributed by atoms with Crippen LogP contribution in [0.1, 0.15) is 23.6 Å². The number of aryl methyl sites for hydroxylation is 2. The zero-order chi connectivity index (χ0) is 17.3. The molecule has 3 rings (SSSR count). The molecule has 122 valence electrons. The summed E-state index contributed by atoms with van der Waals surface area (Å²) in [6.07, 6.45) is 0. The van der Waals surface area contributed by atoms with Crippen LogP contribution in [0.4, 0.5) is 5.69 Å². The molecule has 0 atom stereocenters. The number of hydrogen-bond donors (Lipinski definition) is 1. The fourth-order valence-corrected chi connectivity index (χ4v) is 2.99. The lowest BCUT2D eigenvalue weighted by Gasteiger charge is -2.12. The van der Waals surface area contributed by atoms with E-state index in [0.29, 0.717) is 17.8 Å². The first kappa shape index (κ1) is 16.0. The molecule has 0 fully saturated rings. The highest BCUT2D eigenvalue weighted by atomic mass is 16.2. The van der Waals surface area contributed by atoms with Crippen molar-refractivity contribution < 1.29 is 9.59 Å². The van der Waals surface area contributed by atoms with Gasteiger partial charge >= 0.3 is 0 Å². The van der Waals surface area contributed by atoms with Crippen LogP contribution in [0.2, 0.25) is 0 Å². The van der Waals surface area contributed by atoms with E-state index in [9.17, 15) is 9.59 Å². The summed E-state index contributed by atoms with van der Waals surface area (Å²) in [6, 6.07) is 15.3. The number of nitrogens with zero attached hydrogens (tertiary/aromatic N) is 1. The lowest BCUT2D eigenvalue weighted by atomic mass is 9.97. The Hall–Kier alpha value is -2.88. The quantitative estimate of drug-likeness (QED) is 0.877. The van der Waals surface area contributed by atoms with Crippen molar-refractivity contribution >= 4 is 23.1 Å². The van der Waals surface area contributed by atoms with Gasteiger partial charge in [-0.05, 0) is 44.0 Å². The highest BCUT2D eigenvalue weighted by molar-refractivity contribution is 6.36. The van der Waals surface area contributed by atoms with Crippen LogP contribution in [0, 0.1) is 13.8 Å². The second-order valence-corrected chi connectivity index (χ2v) is 5.91. The number of carbonyl (C=O) groups excluding carboxylic acids is 2. The van der Waals surface area contributed by atoms with Gasteiger partial charge in [0, 0.05) is 12.2 Å². The van der Waals surface area contributed by atoms with Gasteiger partial charge in [0.25, 0.3) is 11.8 Å². The van der Waals surface area contributed by atoms with Crippen LogP contribution in [0.5, 0.6) is 0 Å². The minimum Gasteiger partial charge on any atom is -0.350 e. The normalized spacial score (nSPS) is 14.5. The van der Waals surface area contributed by atoms with Crippen molar-refractivity contribution in [3.05, 3.63) is 70.9 Å². The van der Waals surface area contributed by atoms with Gasteiger partial charge in [0.05, 0.1) is 5.57 Å². The summed E-state index contributed by atoms with van der Waals surface area (Å²) in [5.41, 5.74) is 4.49. The Morgan fingerprint density at radius 1 is 0.958 bits per heavy atom. The van der Waals surface area contributed by atoms with E-state index in [0.717, 1.165) is 22.4 Å². The molecule has 0 unspecified atom stereocenters. The van der Waals surface area contributed by atoms with Gasteiger partial charge < -0.3 is 5.32 Å². The lowest BCUT2D eigenvalue weighted by molar-refractivity contribution is -0.136. The molecule has 0 spiro atoms. The minimum atomic E-state index is -0.277. The second-order valence-electron chi connectivity index (χ2n) is 5.91. The molecule has 0 aliphatic carbocycles. The Morgan fingerprint density at radius 2 is 1.67 bits per heavy atom. The Morgan fingerprint density at radius 3 is 2.29 bits per heavy atom. The molecule has 1 heterocycles. The maximum absolute atomic E-state index is 12.8. The van der Waals surface area contributed by atoms with Crippen LogP contribution in [-0.2, 0) is 9.59 Å². The van der Waals surface area contributed by atoms with Crippen molar-refractivity contribution in [3.63, 3.8) is 0 Å². The van der Waals surface area contributed by atoms with Gasteiger partial charge in [0.15, 0.2) is 0 Å². The van der Waals surface area contributed by atoms with Crippen molar-refractivity contribution in [1.29, 1.82) is 0 Å². The van der Waals surface area contributed by atoms with Gasteiger partial charge in [-0.2, -0.15) is 0 Å². The summed E-state index contributed by atoms with van der Waals surface area (Å²) in [4.78, 5) is 26.8. The Balaban J connectivity index is 2.14. The van der Waals surface area contributed by atoms with Crippen LogP contribution in [-0.4, -0.2) is 23.3 Å². The topological polar surface area (TPSA) is 49.4 Å². The van der Waals surface area contributed by atoms with E-state index >= 15 is 0 Å². The first-order valence-electron chi connectivity index (χ1n) is 8.03. The van der Waals surface area contributed by atoms with E-state index in [-0.39, 0.29) is 11.8 Å². The minimum absolute atomic E-state index is 0.243. The molecule has 24 heavy (non-hydrogen) atoms. The molecule has 2 amide bonds. The average Bonchev–Trinajstić information content (AvgIpc) is 2.79. The molecule has 2 aromatic rings. The smallest absolute Gasteiger partial charge is 0.278 e. The van der Waals surface area contributed by atoms with Gasteiger partial charge in [-0.25, -0.2) is 0 Å². The number of para-hydroxylation sites is 1. The number of anilines is 1. The van der Waals surface area contributed by atoms with Crippen molar-refractivity contribution in [3.8, 4) is 0 Å². The van der Waals surface area contributed by atoms with E-state index in [4.69, 9.17) is 0 Å². The van der Waals surface area contributed by atoms with Crippen LogP contribution in [0.3, 0.4) is 0 Å². The van der Waals surface area contributed by atoms with Gasteiger partial charge in [-0.15, -0.1) is 0 Å². The first-order valence-corrected chi connectivity index (χ1v) is 8.03. The number of imide groups is 1. The molecule has 0 aromatic heterocycles. The molecule has 1 aliphatic heterocycles. The second kappa shape index (κ2) is 6.32. The number of rotatable bonds is 4. The average molecular weight is 320 g/mol. The molecule has 0 bridgehead atoms. The highest BCUT2D eigenvalue weighted by Gasteiger charge is 2.38. The van der Waals surface area contributed by atoms with Crippen LogP contribution >= 0.6 is 0 Å². The molecule has 0 saturated heterocycles. The molecule has 0 saturated carbocycles. The first-order chi connectivity index (χ1) is 11.5. The SMILES string of the molecule is CCN1C(=O)C(Nc2ccccc2)=C(c2ccc(C)cc2C)C1=O. The number of carbonyl (C=O) groups is 2. The summed E-state index contributed by atoms with van der Waals surface area (Å²) in [6.45, 7) is 6.13. The van der Waals surface area contributed by atoms with E-state index in [2.05, 4.69) is 5.32 Å². The van der Waals surface area contributed by atoms with Crippen molar-refractivity contribution in [1.82, 2.24) is 4.90 Å². The van der Waals surface area contributed by atoms with Crippen LogP contribution < -0.4 is 5.32 Å². The van der Waals surface area contributed by atoms with Crippen molar-refractivity contribution in [2.45, 2.75) is 20.8 Å². The standard InChI is InChI=1S/C20H20N2O2/c1-4-22-19(23)17(16-11-10-13(2)12-14(16)3)18(20(22)24)21-15-8-6-5-7-9-15/h5-12,21H,4H2,1-3H3. The predicted molar refractivity (Wildman–Crippen MR) is 95.3 cm³/mol. The highest BCUT2D eigenvalue weighted by Crippen LogP contribution is 2.32. The third kappa shape index (κ3) is 2.71. The van der Waals surface area contributed by atoms with E-state index in [1.54, 1.807) is 6.92 Å². The number of likely N-dealkylation sites (N-methyl/N-ethyl adjacent to an activating group) is 1. The summed E-state index contributed by atoms with van der Waals surface area (Å²) in [5, 5.41) is 3.14. The molecule has 2 aromatic carbocycles. The van der Waals surface area contributed by atoms with Gasteiger partial charge in [0.1, 0.15) is 5.70 Å². The zero-order valence-corrected chi connectivity index (χ0v) is 14.1. The molecule has 4 nitrogen and oxygen atoms in total. The number of benzene rings is 2. The molecular weight excluding hydrogens is 300 g/mol. The summed E-state index contributed by atoms with van der Waals surface area (Å²) >= 11 is 0. The maximum Gasteiger partial charge on any atom is 0.278 e. The van der Waals surface area contributed by atoms with Crippen LogP contribution in [0.25, 0.3) is 5.57 Å². The van der Waals surface area contributed by atoms with Crippen molar-refractivity contribution in [2.24, 2.45) is 0 Å². The fraction of sp³-hybridized carbons (Fsp3) is 0.200. The zero-order valence-electron chi connectivity index (χ0n) is 14.1. The van der Waals surface area contributed by atoms with Gasteiger partial charge in [-0.1, -0.05) is 42.0 Å². The summed E-state index contributed by atoms with van der Waals surface area (Å²) < 4.78 is 0. The molecular formula is C20H20N2O2. The fourth-order valence-electron chi connectivity index (χ4n) is 2.99. The summed E-state index contributed by atoms with van der Waals surface area (Å²) in [7, 11) is 0. The predicted octanol–water partition coefficient (Wildman–Crippen LogP) is 3.52. The molecule has 1 N–H and O–H groups in total. The monoisotopic (exact) mass is 320 g/mol. The number of amides is 2. The Bertz CT molecular complexity index is 838. The third-order valence-corrected chi connectivity index (χ3v) is 4.18. The van der Waals surface area contributed by atoms with E-state index < -0.39 is 0 Å². The maximum atomic E-state index is 12.8. The third-order valence-electron chi connectivity index (χ3n) is 4.18. The molecule has 0 radical (unpaired) electrons. The largest absolute Gasteiger partial charge is 0.350 e. The van der Waals surface area contributed by atoms with E-state index in [1.165, 1.54) is 4.90 Å². The van der Waals surface area contributed by atoms with E-state index in [1.807, 2.05) is 62.4 Å².